The Morgan fingerprint density at radius 2 is 1.84 bits per heavy atom. The molecule has 0 atom stereocenters. The molecular formula is C24H29N3O4S. The fraction of sp³-hybridized carbons (Fsp3) is 0.375. The van der Waals surface area contributed by atoms with Crippen molar-refractivity contribution in [3.8, 4) is 0 Å². The van der Waals surface area contributed by atoms with Crippen molar-refractivity contribution in [1.29, 1.82) is 0 Å². The third kappa shape index (κ3) is 4.72. The van der Waals surface area contributed by atoms with Crippen molar-refractivity contribution in [2.24, 2.45) is 0 Å². The van der Waals surface area contributed by atoms with Crippen molar-refractivity contribution in [2.75, 3.05) is 32.5 Å². The number of hydrogen-bond donors (Lipinski definition) is 1. The normalized spacial score (nSPS) is 16.0. The number of sulfonamides is 1. The van der Waals surface area contributed by atoms with E-state index in [9.17, 15) is 13.2 Å². The minimum Gasteiger partial charge on any atom is -0.464 e. The van der Waals surface area contributed by atoms with E-state index in [0.717, 1.165) is 48.0 Å². The van der Waals surface area contributed by atoms with E-state index in [1.54, 1.807) is 37.6 Å². The molecule has 0 radical (unpaired) electrons. The third-order valence-corrected chi connectivity index (χ3v) is 8.10. The zero-order valence-electron chi connectivity index (χ0n) is 18.7. The molecule has 1 saturated heterocycles. The summed E-state index contributed by atoms with van der Waals surface area (Å²) in [6.07, 6.45) is 3.43. The van der Waals surface area contributed by atoms with Crippen LogP contribution < -0.4 is 5.32 Å². The lowest BCUT2D eigenvalue weighted by atomic mass is 10.1. The highest BCUT2D eigenvalue weighted by Crippen LogP contribution is 2.25. The van der Waals surface area contributed by atoms with Crippen molar-refractivity contribution < 1.29 is 17.6 Å². The van der Waals surface area contributed by atoms with Crippen molar-refractivity contribution in [3.05, 3.63) is 59.9 Å². The van der Waals surface area contributed by atoms with Gasteiger partial charge in [-0.3, -0.25) is 4.79 Å². The molecule has 32 heavy (non-hydrogen) atoms. The maximum absolute atomic E-state index is 13.0. The van der Waals surface area contributed by atoms with Gasteiger partial charge in [0.25, 0.3) is 0 Å². The Kier molecular flexibility index (Phi) is 6.37. The number of likely N-dealkylation sites (tertiary alicyclic amines) is 1. The van der Waals surface area contributed by atoms with E-state index in [1.165, 1.54) is 4.31 Å². The first-order valence-corrected chi connectivity index (χ1v) is 12.2. The number of carbonyl (C=O) groups excluding carboxylic acids is 1. The number of nitrogens with one attached hydrogen (secondary N) is 1. The minimum absolute atomic E-state index is 0.00384. The van der Waals surface area contributed by atoms with E-state index in [1.807, 2.05) is 32.2 Å². The zero-order valence-corrected chi connectivity index (χ0v) is 19.5. The molecular weight excluding hydrogens is 426 g/mol. The Morgan fingerprint density at radius 3 is 2.53 bits per heavy atom. The average Bonchev–Trinajstić information content (AvgIpc) is 3.15. The Bertz CT molecular complexity index is 1210. The molecule has 0 aliphatic carbocycles. The summed E-state index contributed by atoms with van der Waals surface area (Å²) >= 11 is 0. The van der Waals surface area contributed by atoms with Gasteiger partial charge < -0.3 is 14.6 Å². The fourth-order valence-corrected chi connectivity index (χ4v) is 5.55. The average molecular weight is 456 g/mol. The molecule has 2 heterocycles. The van der Waals surface area contributed by atoms with Crippen LogP contribution in [0.3, 0.4) is 0 Å². The van der Waals surface area contributed by atoms with E-state index in [-0.39, 0.29) is 23.3 Å². The molecule has 1 aliphatic rings. The molecule has 1 fully saturated rings. The quantitative estimate of drug-likeness (QED) is 0.614. The number of piperidine rings is 1. The van der Waals surface area contributed by atoms with Crippen LogP contribution in [-0.4, -0.2) is 56.8 Å². The molecule has 7 nitrogen and oxygen atoms in total. The molecule has 0 bridgehead atoms. The third-order valence-electron chi connectivity index (χ3n) is 6.18. The summed E-state index contributed by atoms with van der Waals surface area (Å²) in [5, 5.41) is 3.76. The molecule has 1 aliphatic heterocycles. The van der Waals surface area contributed by atoms with Gasteiger partial charge in [-0.25, -0.2) is 8.42 Å². The number of amides is 1. The predicted molar refractivity (Wildman–Crippen MR) is 125 cm³/mol. The van der Waals surface area contributed by atoms with Crippen LogP contribution in [-0.2, 0) is 21.2 Å². The van der Waals surface area contributed by atoms with E-state index < -0.39 is 10.0 Å². The minimum atomic E-state index is -3.58. The lowest BCUT2D eigenvalue weighted by Gasteiger charge is -2.34. The molecule has 0 saturated carbocycles. The van der Waals surface area contributed by atoms with Gasteiger partial charge in [-0.1, -0.05) is 12.1 Å². The van der Waals surface area contributed by atoms with E-state index in [4.69, 9.17) is 4.42 Å². The summed E-state index contributed by atoms with van der Waals surface area (Å²) in [7, 11) is 0.119. The summed E-state index contributed by atoms with van der Waals surface area (Å²) in [4.78, 5) is 15.0. The molecule has 0 unspecified atom stereocenters. The number of furan rings is 1. The SMILES string of the molecule is Cc1ccc2c(CC(=O)Nc3ccc(S(=O)(=O)N(C)C4CCN(C)CC4)cc3)coc2c1. The number of carbonyl (C=O) groups is 1. The maximum Gasteiger partial charge on any atom is 0.243 e. The number of fused-ring (bicyclic) bond motifs is 1. The van der Waals surface area contributed by atoms with Crippen LogP contribution in [0.1, 0.15) is 24.0 Å². The molecule has 0 spiro atoms. The van der Waals surface area contributed by atoms with Crippen LogP contribution in [0.4, 0.5) is 5.69 Å². The van der Waals surface area contributed by atoms with Crippen LogP contribution in [0.5, 0.6) is 0 Å². The van der Waals surface area contributed by atoms with Gasteiger partial charge in [-0.05, 0) is 75.8 Å². The summed E-state index contributed by atoms with van der Waals surface area (Å²) in [5.41, 5.74) is 3.23. The first-order chi connectivity index (χ1) is 15.2. The lowest BCUT2D eigenvalue weighted by molar-refractivity contribution is -0.115. The fourth-order valence-electron chi connectivity index (χ4n) is 4.14. The molecule has 8 heteroatoms. The summed E-state index contributed by atoms with van der Waals surface area (Å²) in [5.74, 6) is -0.188. The number of aryl methyl sites for hydroxylation is 1. The van der Waals surface area contributed by atoms with Gasteiger partial charge in [0.15, 0.2) is 0 Å². The van der Waals surface area contributed by atoms with Gasteiger partial charge in [0.05, 0.1) is 17.6 Å². The Labute approximate surface area is 189 Å². The molecule has 3 aromatic rings. The van der Waals surface area contributed by atoms with Crippen molar-refractivity contribution in [2.45, 2.75) is 37.1 Å². The number of anilines is 1. The first kappa shape index (κ1) is 22.5. The summed E-state index contributed by atoms with van der Waals surface area (Å²) in [6.45, 7) is 3.77. The number of nitrogens with zero attached hydrogens (tertiary/aromatic N) is 2. The Morgan fingerprint density at radius 1 is 1.16 bits per heavy atom. The second-order valence-electron chi connectivity index (χ2n) is 8.57. The highest BCUT2D eigenvalue weighted by molar-refractivity contribution is 7.89. The Balaban J connectivity index is 1.41. The smallest absolute Gasteiger partial charge is 0.243 e. The van der Waals surface area contributed by atoms with Crippen molar-refractivity contribution in [3.63, 3.8) is 0 Å². The number of rotatable bonds is 6. The van der Waals surface area contributed by atoms with Gasteiger partial charge in [-0.2, -0.15) is 4.31 Å². The highest BCUT2D eigenvalue weighted by atomic mass is 32.2. The predicted octanol–water partition coefficient (Wildman–Crippen LogP) is 3.64. The number of hydrogen-bond acceptors (Lipinski definition) is 5. The van der Waals surface area contributed by atoms with Crippen LogP contribution >= 0.6 is 0 Å². The van der Waals surface area contributed by atoms with Gasteiger partial charge in [0.1, 0.15) is 5.58 Å². The van der Waals surface area contributed by atoms with Crippen LogP contribution in [0, 0.1) is 6.92 Å². The van der Waals surface area contributed by atoms with Gasteiger partial charge >= 0.3 is 0 Å². The largest absolute Gasteiger partial charge is 0.464 e. The van der Waals surface area contributed by atoms with Gasteiger partial charge in [0.2, 0.25) is 15.9 Å². The maximum atomic E-state index is 13.0. The Hall–Kier alpha value is -2.68. The summed E-state index contributed by atoms with van der Waals surface area (Å²) < 4.78 is 33.1. The molecule has 170 valence electrons. The van der Waals surface area contributed by atoms with Crippen LogP contribution in [0.15, 0.2) is 58.0 Å². The molecule has 2 aromatic carbocycles. The number of benzene rings is 2. The second-order valence-corrected chi connectivity index (χ2v) is 10.6. The molecule has 4 rings (SSSR count). The first-order valence-electron chi connectivity index (χ1n) is 10.8. The highest BCUT2D eigenvalue weighted by Gasteiger charge is 2.30. The molecule has 1 N–H and O–H groups in total. The monoisotopic (exact) mass is 455 g/mol. The van der Waals surface area contributed by atoms with Crippen LogP contribution in [0.2, 0.25) is 0 Å². The van der Waals surface area contributed by atoms with Crippen LogP contribution in [0.25, 0.3) is 11.0 Å². The van der Waals surface area contributed by atoms with Gasteiger partial charge in [-0.15, -0.1) is 0 Å². The lowest BCUT2D eigenvalue weighted by Crippen LogP contribution is -2.44. The standard InChI is InChI=1S/C24H29N3O4S/c1-17-4-9-22-18(16-31-23(22)14-17)15-24(28)25-19-5-7-21(8-6-19)32(29,30)27(3)20-10-12-26(2)13-11-20/h4-9,14,16,20H,10-13,15H2,1-3H3,(H,25,28). The van der Waals surface area contributed by atoms with E-state index in [2.05, 4.69) is 10.2 Å². The zero-order chi connectivity index (χ0) is 22.9. The molecule has 1 amide bonds. The van der Waals surface area contributed by atoms with Crippen molar-refractivity contribution in [1.82, 2.24) is 9.21 Å². The van der Waals surface area contributed by atoms with E-state index >= 15 is 0 Å². The second kappa shape index (κ2) is 9.05. The summed E-state index contributed by atoms with van der Waals surface area (Å²) in [6, 6.07) is 12.2. The molecule has 1 aromatic heterocycles. The van der Waals surface area contributed by atoms with Gasteiger partial charge in [0, 0.05) is 29.7 Å². The topological polar surface area (TPSA) is 82.9 Å². The van der Waals surface area contributed by atoms with Crippen molar-refractivity contribution >= 4 is 32.6 Å². The van der Waals surface area contributed by atoms with E-state index in [0.29, 0.717) is 5.69 Å².